The standard InChI is InChI=1S/C15H23N5O2/c1-15(2,3)12(9-20-8-7-16-10-20)17-14(22)11-5-6-13(21)19(4)18-11/h7-8,10,12H,5-6,9H2,1-4H3,(H,17,22)/t12-/m1/s1. The van der Waals surface area contributed by atoms with Crippen LogP contribution in [-0.2, 0) is 16.1 Å². The summed E-state index contributed by atoms with van der Waals surface area (Å²) in [5.41, 5.74) is 0.290. The first-order chi connectivity index (χ1) is 10.3. The third kappa shape index (κ3) is 3.93. The second-order valence-corrected chi connectivity index (χ2v) is 6.62. The van der Waals surface area contributed by atoms with E-state index >= 15 is 0 Å². The van der Waals surface area contributed by atoms with Gasteiger partial charge in [0.2, 0.25) is 5.91 Å². The summed E-state index contributed by atoms with van der Waals surface area (Å²) in [6, 6.07) is -0.0696. The van der Waals surface area contributed by atoms with Crippen LogP contribution in [0.15, 0.2) is 23.8 Å². The number of imidazole rings is 1. The first-order valence-corrected chi connectivity index (χ1v) is 7.38. The Morgan fingerprint density at radius 3 is 2.68 bits per heavy atom. The summed E-state index contributed by atoms with van der Waals surface area (Å²) in [6.07, 6.45) is 6.03. The van der Waals surface area contributed by atoms with E-state index in [1.165, 1.54) is 5.01 Å². The SMILES string of the molecule is CN1N=C(C(=O)N[C@H](Cn2ccnc2)C(C)(C)C)CCC1=O. The number of carbonyl (C=O) groups excluding carboxylic acids is 2. The fourth-order valence-electron chi connectivity index (χ4n) is 2.22. The van der Waals surface area contributed by atoms with Crippen molar-refractivity contribution in [2.45, 2.75) is 46.2 Å². The van der Waals surface area contributed by atoms with Gasteiger partial charge in [0, 0.05) is 38.8 Å². The van der Waals surface area contributed by atoms with Crippen LogP contribution in [0.1, 0.15) is 33.6 Å². The zero-order chi connectivity index (χ0) is 16.3. The first-order valence-electron chi connectivity index (χ1n) is 7.38. The second-order valence-electron chi connectivity index (χ2n) is 6.62. The normalized spacial score (nSPS) is 17.2. The van der Waals surface area contributed by atoms with E-state index in [0.29, 0.717) is 25.1 Å². The van der Waals surface area contributed by atoms with E-state index in [9.17, 15) is 9.59 Å². The molecule has 22 heavy (non-hydrogen) atoms. The Bertz CT molecular complexity index is 571. The van der Waals surface area contributed by atoms with Gasteiger partial charge in [-0.25, -0.2) is 9.99 Å². The Hall–Kier alpha value is -2.18. The number of nitrogens with zero attached hydrogens (tertiary/aromatic N) is 4. The third-order valence-corrected chi connectivity index (χ3v) is 3.77. The molecule has 1 N–H and O–H groups in total. The maximum Gasteiger partial charge on any atom is 0.267 e. The lowest BCUT2D eigenvalue weighted by atomic mass is 9.86. The van der Waals surface area contributed by atoms with Crippen LogP contribution >= 0.6 is 0 Å². The molecule has 0 fully saturated rings. The van der Waals surface area contributed by atoms with Gasteiger partial charge < -0.3 is 9.88 Å². The molecule has 0 bridgehead atoms. The van der Waals surface area contributed by atoms with Gasteiger partial charge in [-0.2, -0.15) is 5.10 Å². The maximum atomic E-state index is 12.4. The molecule has 1 aliphatic heterocycles. The zero-order valence-electron chi connectivity index (χ0n) is 13.5. The van der Waals surface area contributed by atoms with Crippen molar-refractivity contribution >= 4 is 17.5 Å². The lowest BCUT2D eigenvalue weighted by Crippen LogP contribution is -2.49. The minimum Gasteiger partial charge on any atom is -0.346 e. The summed E-state index contributed by atoms with van der Waals surface area (Å²) in [5, 5.41) is 8.35. The van der Waals surface area contributed by atoms with E-state index in [-0.39, 0.29) is 23.3 Å². The third-order valence-electron chi connectivity index (χ3n) is 3.77. The lowest BCUT2D eigenvalue weighted by molar-refractivity contribution is -0.130. The molecule has 0 aromatic carbocycles. The van der Waals surface area contributed by atoms with Crippen LogP contribution in [0.3, 0.4) is 0 Å². The topological polar surface area (TPSA) is 79.6 Å². The molecular formula is C15H23N5O2. The highest BCUT2D eigenvalue weighted by Crippen LogP contribution is 2.21. The number of hydrazone groups is 1. The van der Waals surface area contributed by atoms with Gasteiger partial charge in [0.25, 0.3) is 5.91 Å². The van der Waals surface area contributed by atoms with Gasteiger partial charge in [-0.15, -0.1) is 0 Å². The predicted octanol–water partition coefficient (Wildman–Crippen LogP) is 1.02. The Kier molecular flexibility index (Phi) is 4.63. The van der Waals surface area contributed by atoms with E-state index < -0.39 is 0 Å². The molecule has 0 saturated heterocycles. The molecule has 1 aromatic heterocycles. The minimum atomic E-state index is -0.209. The van der Waals surface area contributed by atoms with Gasteiger partial charge in [0.05, 0.1) is 12.4 Å². The molecule has 0 aliphatic carbocycles. The van der Waals surface area contributed by atoms with Crippen LogP contribution in [0, 0.1) is 5.41 Å². The number of hydrogen-bond donors (Lipinski definition) is 1. The molecule has 1 aliphatic rings. The Balaban J connectivity index is 2.08. The van der Waals surface area contributed by atoms with Gasteiger partial charge in [0.15, 0.2) is 0 Å². The van der Waals surface area contributed by atoms with Crippen molar-refractivity contribution in [3.63, 3.8) is 0 Å². The maximum absolute atomic E-state index is 12.4. The largest absolute Gasteiger partial charge is 0.346 e. The molecule has 2 heterocycles. The van der Waals surface area contributed by atoms with Crippen molar-refractivity contribution in [2.75, 3.05) is 7.05 Å². The Labute approximate surface area is 130 Å². The molecule has 0 unspecified atom stereocenters. The number of nitrogens with one attached hydrogen (secondary N) is 1. The first kappa shape index (κ1) is 16.2. The zero-order valence-corrected chi connectivity index (χ0v) is 13.5. The monoisotopic (exact) mass is 305 g/mol. The number of aromatic nitrogens is 2. The fraction of sp³-hybridized carbons (Fsp3) is 0.600. The predicted molar refractivity (Wildman–Crippen MR) is 83.1 cm³/mol. The highest BCUT2D eigenvalue weighted by molar-refractivity contribution is 6.39. The van der Waals surface area contributed by atoms with Crippen molar-refractivity contribution in [1.82, 2.24) is 19.9 Å². The summed E-state index contributed by atoms with van der Waals surface area (Å²) in [6.45, 7) is 6.87. The van der Waals surface area contributed by atoms with Crippen molar-refractivity contribution in [3.8, 4) is 0 Å². The van der Waals surface area contributed by atoms with Crippen LogP contribution in [0.25, 0.3) is 0 Å². The molecule has 7 heteroatoms. The number of amides is 2. The van der Waals surface area contributed by atoms with Gasteiger partial charge in [-0.3, -0.25) is 9.59 Å². The van der Waals surface area contributed by atoms with E-state index in [1.807, 2.05) is 10.8 Å². The smallest absolute Gasteiger partial charge is 0.267 e. The fourth-order valence-corrected chi connectivity index (χ4v) is 2.22. The second kappa shape index (κ2) is 6.29. The van der Waals surface area contributed by atoms with E-state index in [0.717, 1.165) is 0 Å². The summed E-state index contributed by atoms with van der Waals surface area (Å²) in [4.78, 5) is 27.9. The van der Waals surface area contributed by atoms with Crippen molar-refractivity contribution in [3.05, 3.63) is 18.7 Å². The molecule has 1 atom stereocenters. The van der Waals surface area contributed by atoms with E-state index in [1.54, 1.807) is 19.6 Å². The Morgan fingerprint density at radius 1 is 1.41 bits per heavy atom. The summed E-state index contributed by atoms with van der Waals surface area (Å²) in [7, 11) is 1.57. The summed E-state index contributed by atoms with van der Waals surface area (Å²) >= 11 is 0. The van der Waals surface area contributed by atoms with Gasteiger partial charge >= 0.3 is 0 Å². The molecule has 0 spiro atoms. The van der Waals surface area contributed by atoms with Crippen LogP contribution in [0.2, 0.25) is 0 Å². The van der Waals surface area contributed by atoms with Gasteiger partial charge in [0.1, 0.15) is 5.71 Å². The van der Waals surface area contributed by atoms with Gasteiger partial charge in [-0.05, 0) is 5.41 Å². The van der Waals surface area contributed by atoms with Gasteiger partial charge in [-0.1, -0.05) is 20.8 Å². The van der Waals surface area contributed by atoms with Crippen LogP contribution in [0.4, 0.5) is 0 Å². The molecule has 120 valence electrons. The molecule has 7 nitrogen and oxygen atoms in total. The quantitative estimate of drug-likeness (QED) is 0.902. The van der Waals surface area contributed by atoms with E-state index in [4.69, 9.17) is 0 Å². The van der Waals surface area contributed by atoms with E-state index in [2.05, 4.69) is 36.2 Å². The minimum absolute atomic E-state index is 0.0673. The van der Waals surface area contributed by atoms with Crippen molar-refractivity contribution in [1.29, 1.82) is 0 Å². The number of rotatable bonds is 4. The molecule has 2 amide bonds. The van der Waals surface area contributed by atoms with Crippen molar-refractivity contribution in [2.24, 2.45) is 10.5 Å². The van der Waals surface area contributed by atoms with Crippen LogP contribution in [0.5, 0.6) is 0 Å². The number of carbonyl (C=O) groups is 2. The lowest BCUT2D eigenvalue weighted by Gasteiger charge is -2.32. The molecular weight excluding hydrogens is 282 g/mol. The highest BCUT2D eigenvalue weighted by Gasteiger charge is 2.29. The summed E-state index contributed by atoms with van der Waals surface area (Å²) < 4.78 is 1.94. The summed E-state index contributed by atoms with van der Waals surface area (Å²) in [5.74, 6) is -0.276. The molecule has 1 aromatic rings. The molecule has 2 rings (SSSR count). The average molecular weight is 305 g/mol. The Morgan fingerprint density at radius 2 is 2.14 bits per heavy atom. The number of hydrogen-bond acceptors (Lipinski definition) is 4. The molecule has 0 radical (unpaired) electrons. The van der Waals surface area contributed by atoms with Crippen LogP contribution in [-0.4, -0.2) is 45.2 Å². The van der Waals surface area contributed by atoms with Crippen LogP contribution < -0.4 is 5.32 Å². The van der Waals surface area contributed by atoms with Crippen molar-refractivity contribution < 1.29 is 9.59 Å². The highest BCUT2D eigenvalue weighted by atomic mass is 16.2. The molecule has 0 saturated carbocycles. The average Bonchev–Trinajstić information content (AvgIpc) is 2.93.